The fourth-order valence-electron chi connectivity index (χ4n) is 6.77. The Hall–Kier alpha value is -3.27. The molecule has 2 atom stereocenters. The van der Waals surface area contributed by atoms with Crippen molar-refractivity contribution >= 4 is 17.9 Å². The number of carboxylic acid groups (broad SMARTS) is 1. The molecule has 9 nitrogen and oxygen atoms in total. The predicted molar refractivity (Wildman–Crippen MR) is 265 cm³/mol. The number of carboxylic acids is 1. The SMILES string of the molecule is CC/C=C\C/C=C\C/C=C\C/C=C\C/C=C\C/C=C\CCCCCCC(=O)OC(COC(=O)CCCCCCCCCCCCCCCCCC)COC(OCC[N+](C)(C)C)C(=O)[O-]. The van der Waals surface area contributed by atoms with E-state index < -0.39 is 24.3 Å². The number of aliphatic carboxylic acids is 1. The average Bonchev–Trinajstić information content (AvgIpc) is 3.26. The van der Waals surface area contributed by atoms with Gasteiger partial charge in [0.2, 0.25) is 0 Å². The zero-order chi connectivity index (χ0) is 47.0. The topological polar surface area (TPSA) is 111 Å². The molecule has 0 aliphatic carbocycles. The number of nitrogens with zero attached hydrogens (tertiary/aromatic N) is 1. The third-order valence-electron chi connectivity index (χ3n) is 10.7. The molecule has 0 aliphatic rings. The van der Waals surface area contributed by atoms with Crippen LogP contribution in [0.2, 0.25) is 0 Å². The number of unbranched alkanes of at least 4 members (excludes halogenated alkanes) is 19. The summed E-state index contributed by atoms with van der Waals surface area (Å²) >= 11 is 0. The highest BCUT2D eigenvalue weighted by Crippen LogP contribution is 2.15. The van der Waals surface area contributed by atoms with Crippen LogP contribution in [0.5, 0.6) is 0 Å². The average molecular weight is 898 g/mol. The highest BCUT2D eigenvalue weighted by molar-refractivity contribution is 5.70. The quantitative estimate of drug-likeness (QED) is 0.0195. The summed E-state index contributed by atoms with van der Waals surface area (Å²) in [6, 6.07) is 0. The number of likely N-dealkylation sites (N-methyl/N-ethyl adjacent to an activating group) is 1. The second-order valence-corrected chi connectivity index (χ2v) is 18.1. The summed E-state index contributed by atoms with van der Waals surface area (Å²) in [7, 11) is 5.90. The fraction of sp³-hybridized carbons (Fsp3) is 0.727. The molecule has 0 rings (SSSR count). The standard InChI is InChI=1S/C55H95NO8/c1-6-8-10-12-14-16-18-20-22-24-25-26-27-28-29-30-32-34-36-38-40-42-44-46-53(58)64-51(50-63-55(54(59)60)61-48-47-56(3,4)5)49-62-52(57)45-43-41-39-37-35-33-31-23-21-19-17-15-13-11-9-7-2/h8,10,14,16,20,22,25-26,28-29,32,34,51,55H,6-7,9,11-13,15,17-19,21,23-24,27,30-31,33,35-50H2,1-5H3/b10-8-,16-14-,22-20-,26-25-,29-28-,34-32-. The van der Waals surface area contributed by atoms with Crippen molar-refractivity contribution < 1.29 is 42.9 Å². The minimum atomic E-state index is -1.63. The van der Waals surface area contributed by atoms with Crippen LogP contribution in [0.4, 0.5) is 0 Å². The van der Waals surface area contributed by atoms with Gasteiger partial charge in [-0.25, -0.2) is 0 Å². The molecule has 64 heavy (non-hydrogen) atoms. The van der Waals surface area contributed by atoms with E-state index in [9.17, 15) is 19.5 Å². The van der Waals surface area contributed by atoms with Gasteiger partial charge >= 0.3 is 11.9 Å². The Morgan fingerprint density at radius 3 is 1.33 bits per heavy atom. The van der Waals surface area contributed by atoms with Crippen molar-refractivity contribution in [3.8, 4) is 0 Å². The van der Waals surface area contributed by atoms with Gasteiger partial charge in [0.1, 0.15) is 13.2 Å². The summed E-state index contributed by atoms with van der Waals surface area (Å²) in [4.78, 5) is 37.1. The molecule has 0 saturated heterocycles. The zero-order valence-electron chi connectivity index (χ0n) is 41.6. The minimum absolute atomic E-state index is 0.140. The van der Waals surface area contributed by atoms with E-state index in [1.165, 1.54) is 83.5 Å². The molecule has 0 aromatic rings. The maximum atomic E-state index is 12.8. The largest absolute Gasteiger partial charge is 0.545 e. The Balaban J connectivity index is 4.41. The number of allylic oxidation sites excluding steroid dienone is 12. The molecule has 0 heterocycles. The molecular weight excluding hydrogens is 803 g/mol. The fourth-order valence-corrected chi connectivity index (χ4v) is 6.77. The van der Waals surface area contributed by atoms with Gasteiger partial charge in [0, 0.05) is 12.8 Å². The van der Waals surface area contributed by atoms with Crippen molar-refractivity contribution in [2.24, 2.45) is 0 Å². The van der Waals surface area contributed by atoms with E-state index in [-0.39, 0.29) is 38.6 Å². The van der Waals surface area contributed by atoms with E-state index >= 15 is 0 Å². The van der Waals surface area contributed by atoms with Gasteiger partial charge in [-0.3, -0.25) is 9.59 Å². The predicted octanol–water partition coefficient (Wildman–Crippen LogP) is 12.9. The number of quaternary nitrogens is 1. The smallest absolute Gasteiger partial charge is 0.306 e. The molecule has 0 N–H and O–H groups in total. The molecule has 0 fully saturated rings. The second-order valence-electron chi connectivity index (χ2n) is 18.1. The summed E-state index contributed by atoms with van der Waals surface area (Å²) in [6.45, 7) is 4.60. The lowest BCUT2D eigenvalue weighted by Gasteiger charge is -2.26. The van der Waals surface area contributed by atoms with Gasteiger partial charge in [0.15, 0.2) is 12.4 Å². The van der Waals surface area contributed by atoms with Crippen LogP contribution in [0.15, 0.2) is 72.9 Å². The van der Waals surface area contributed by atoms with Crippen molar-refractivity contribution in [3.05, 3.63) is 72.9 Å². The number of esters is 2. The molecule has 0 aromatic heterocycles. The van der Waals surface area contributed by atoms with Crippen LogP contribution in [-0.2, 0) is 33.3 Å². The molecule has 0 spiro atoms. The lowest BCUT2D eigenvalue weighted by Crippen LogP contribution is -2.44. The third kappa shape index (κ3) is 46.7. The van der Waals surface area contributed by atoms with Gasteiger partial charge in [-0.15, -0.1) is 0 Å². The van der Waals surface area contributed by atoms with Gasteiger partial charge in [-0.05, 0) is 64.2 Å². The third-order valence-corrected chi connectivity index (χ3v) is 10.7. The lowest BCUT2D eigenvalue weighted by atomic mass is 10.0. The number of carbonyl (C=O) groups excluding carboxylic acids is 3. The van der Waals surface area contributed by atoms with Crippen LogP contribution in [0.25, 0.3) is 0 Å². The number of rotatable bonds is 46. The first-order chi connectivity index (χ1) is 31.1. The van der Waals surface area contributed by atoms with Crippen molar-refractivity contribution in [3.63, 3.8) is 0 Å². The molecule has 9 heteroatoms. The molecule has 0 radical (unpaired) electrons. The normalized spacial score (nSPS) is 13.5. The first-order valence-corrected chi connectivity index (χ1v) is 25.6. The van der Waals surface area contributed by atoms with Crippen molar-refractivity contribution in [1.82, 2.24) is 0 Å². The molecule has 0 aromatic carbocycles. The van der Waals surface area contributed by atoms with Gasteiger partial charge in [-0.2, -0.15) is 0 Å². The highest BCUT2D eigenvalue weighted by Gasteiger charge is 2.21. The van der Waals surface area contributed by atoms with Crippen LogP contribution >= 0.6 is 0 Å². The van der Waals surface area contributed by atoms with E-state index in [1.54, 1.807) is 0 Å². The molecule has 0 bridgehead atoms. The monoisotopic (exact) mass is 898 g/mol. The maximum absolute atomic E-state index is 12.8. The molecule has 368 valence electrons. The number of hydrogen-bond acceptors (Lipinski definition) is 8. The Labute approximate surface area is 392 Å². The van der Waals surface area contributed by atoms with Crippen LogP contribution in [0, 0.1) is 0 Å². The lowest BCUT2D eigenvalue weighted by molar-refractivity contribution is -0.870. The van der Waals surface area contributed by atoms with Gasteiger partial charge in [-0.1, -0.05) is 196 Å². The molecule has 2 unspecified atom stereocenters. The van der Waals surface area contributed by atoms with Crippen LogP contribution < -0.4 is 5.11 Å². The summed E-state index contributed by atoms with van der Waals surface area (Å²) in [6.07, 6.45) is 55.0. The second kappa shape index (κ2) is 46.3. The number of ether oxygens (including phenoxy) is 4. The Bertz CT molecular complexity index is 1280. The van der Waals surface area contributed by atoms with Crippen LogP contribution in [0.1, 0.15) is 200 Å². The van der Waals surface area contributed by atoms with Crippen molar-refractivity contribution in [2.45, 2.75) is 212 Å². The highest BCUT2D eigenvalue weighted by atomic mass is 16.7. The summed E-state index contributed by atoms with van der Waals surface area (Å²) in [5.74, 6) is -2.32. The number of carbonyl (C=O) groups is 3. The Morgan fingerprint density at radius 1 is 0.484 bits per heavy atom. The van der Waals surface area contributed by atoms with E-state index in [1.807, 2.05) is 21.1 Å². The molecular formula is C55H95NO8. The Morgan fingerprint density at radius 2 is 0.891 bits per heavy atom. The van der Waals surface area contributed by atoms with Crippen molar-refractivity contribution in [2.75, 3.05) is 47.5 Å². The van der Waals surface area contributed by atoms with Gasteiger partial charge in [0.25, 0.3) is 0 Å². The first-order valence-electron chi connectivity index (χ1n) is 25.6. The van der Waals surface area contributed by atoms with E-state index in [0.29, 0.717) is 17.4 Å². The van der Waals surface area contributed by atoms with Gasteiger partial charge < -0.3 is 33.3 Å². The van der Waals surface area contributed by atoms with Crippen LogP contribution in [-0.4, -0.2) is 82.3 Å². The van der Waals surface area contributed by atoms with Gasteiger partial charge in [0.05, 0.1) is 40.3 Å². The summed E-state index contributed by atoms with van der Waals surface area (Å²) < 4.78 is 22.6. The van der Waals surface area contributed by atoms with Crippen LogP contribution in [0.3, 0.4) is 0 Å². The van der Waals surface area contributed by atoms with Crippen molar-refractivity contribution in [1.29, 1.82) is 0 Å². The Kier molecular flexibility index (Phi) is 43.9. The van der Waals surface area contributed by atoms with E-state index in [2.05, 4.69) is 86.8 Å². The van der Waals surface area contributed by atoms with E-state index in [0.717, 1.165) is 83.5 Å². The molecule has 0 saturated carbocycles. The zero-order valence-corrected chi connectivity index (χ0v) is 41.6. The first kappa shape index (κ1) is 60.7. The summed E-state index contributed by atoms with van der Waals surface area (Å²) in [5.41, 5.74) is 0. The molecule has 0 amide bonds. The number of hydrogen-bond donors (Lipinski definition) is 0. The van der Waals surface area contributed by atoms with E-state index in [4.69, 9.17) is 18.9 Å². The molecule has 0 aliphatic heterocycles. The maximum Gasteiger partial charge on any atom is 0.306 e. The summed E-state index contributed by atoms with van der Waals surface area (Å²) in [5, 5.41) is 11.7. The minimum Gasteiger partial charge on any atom is -0.545 e.